The van der Waals surface area contributed by atoms with Gasteiger partial charge in [-0.25, -0.2) is 0 Å². The van der Waals surface area contributed by atoms with Gasteiger partial charge in [0.15, 0.2) is 0 Å². The minimum Gasteiger partial charge on any atom is -0.330 e. The van der Waals surface area contributed by atoms with Crippen molar-refractivity contribution in [1.82, 2.24) is 0 Å². The van der Waals surface area contributed by atoms with E-state index in [0.717, 1.165) is 19.4 Å². The highest BCUT2D eigenvalue weighted by atomic mass is 32.2. The first-order valence-corrected chi connectivity index (χ1v) is 7.68. The van der Waals surface area contributed by atoms with Gasteiger partial charge in [-0.2, -0.15) is 0 Å². The summed E-state index contributed by atoms with van der Waals surface area (Å²) < 4.78 is 0. The molecule has 15 heavy (non-hydrogen) atoms. The van der Waals surface area contributed by atoms with Crippen LogP contribution in [0.3, 0.4) is 0 Å². The normalized spacial score (nSPS) is 10.6. The van der Waals surface area contributed by atoms with Gasteiger partial charge in [0.1, 0.15) is 0 Å². The number of benzene rings is 1. The summed E-state index contributed by atoms with van der Waals surface area (Å²) >= 11 is 3.68. The molecule has 0 bridgehead atoms. The van der Waals surface area contributed by atoms with Gasteiger partial charge in [0.2, 0.25) is 0 Å². The number of thioether (sulfide) groups is 2. The molecular formula is C12H19NS2. The highest BCUT2D eigenvalue weighted by Crippen LogP contribution is 2.31. The van der Waals surface area contributed by atoms with Gasteiger partial charge in [-0.15, -0.1) is 23.5 Å². The van der Waals surface area contributed by atoms with Gasteiger partial charge in [0, 0.05) is 9.79 Å². The molecule has 0 fully saturated rings. The van der Waals surface area contributed by atoms with E-state index in [4.69, 9.17) is 5.73 Å². The molecule has 0 atom stereocenters. The zero-order valence-electron chi connectivity index (χ0n) is 9.45. The zero-order chi connectivity index (χ0) is 11.1. The molecule has 2 N–H and O–H groups in total. The summed E-state index contributed by atoms with van der Waals surface area (Å²) in [5.41, 5.74) is 6.98. The second kappa shape index (κ2) is 7.20. The monoisotopic (exact) mass is 241 g/mol. The Morgan fingerprint density at radius 1 is 1.13 bits per heavy atom. The van der Waals surface area contributed by atoms with Crippen LogP contribution in [0.5, 0.6) is 0 Å². The van der Waals surface area contributed by atoms with E-state index < -0.39 is 0 Å². The summed E-state index contributed by atoms with van der Waals surface area (Å²) in [5.74, 6) is 0. The predicted molar refractivity (Wildman–Crippen MR) is 72.0 cm³/mol. The molecule has 3 heteroatoms. The number of rotatable bonds is 6. The van der Waals surface area contributed by atoms with Crippen molar-refractivity contribution in [3.63, 3.8) is 0 Å². The molecular weight excluding hydrogens is 222 g/mol. The lowest BCUT2D eigenvalue weighted by Gasteiger charge is -2.10. The highest BCUT2D eigenvalue weighted by Gasteiger charge is 2.05. The van der Waals surface area contributed by atoms with Gasteiger partial charge in [0.05, 0.1) is 0 Å². The quantitative estimate of drug-likeness (QED) is 0.610. The van der Waals surface area contributed by atoms with Crippen LogP contribution >= 0.6 is 23.5 Å². The van der Waals surface area contributed by atoms with Crippen LogP contribution in [0.2, 0.25) is 0 Å². The number of aryl methyl sites for hydroxylation is 1. The molecule has 0 aliphatic heterocycles. The number of hydrogen-bond donors (Lipinski definition) is 1. The van der Waals surface area contributed by atoms with Gasteiger partial charge in [-0.05, 0) is 49.9 Å². The molecule has 0 spiro atoms. The molecule has 1 nitrogen and oxygen atoms in total. The standard InChI is InChI=1S/C12H19NS2/c1-14-11-8-5-7-10(12(11)15-2)6-3-4-9-13/h5,7-8H,3-4,6,9,13H2,1-2H3. The largest absolute Gasteiger partial charge is 0.330 e. The Kier molecular flexibility index (Phi) is 6.22. The van der Waals surface area contributed by atoms with E-state index in [1.165, 1.54) is 21.8 Å². The molecule has 0 saturated heterocycles. The van der Waals surface area contributed by atoms with Crippen molar-refractivity contribution >= 4 is 23.5 Å². The zero-order valence-corrected chi connectivity index (χ0v) is 11.1. The van der Waals surface area contributed by atoms with E-state index >= 15 is 0 Å². The van der Waals surface area contributed by atoms with Gasteiger partial charge >= 0.3 is 0 Å². The van der Waals surface area contributed by atoms with Gasteiger partial charge < -0.3 is 5.73 Å². The second-order valence-corrected chi connectivity index (χ2v) is 5.06. The maximum absolute atomic E-state index is 5.51. The molecule has 1 aromatic rings. The van der Waals surface area contributed by atoms with E-state index in [1.807, 2.05) is 23.5 Å². The van der Waals surface area contributed by atoms with Gasteiger partial charge in [0.25, 0.3) is 0 Å². The van der Waals surface area contributed by atoms with Crippen LogP contribution in [0.4, 0.5) is 0 Å². The summed E-state index contributed by atoms with van der Waals surface area (Å²) in [6.07, 6.45) is 7.77. The maximum Gasteiger partial charge on any atom is 0.0237 e. The Morgan fingerprint density at radius 2 is 1.93 bits per heavy atom. The predicted octanol–water partition coefficient (Wildman–Crippen LogP) is 3.41. The fraction of sp³-hybridized carbons (Fsp3) is 0.500. The van der Waals surface area contributed by atoms with Crippen molar-refractivity contribution in [2.45, 2.75) is 29.1 Å². The highest BCUT2D eigenvalue weighted by molar-refractivity contribution is 8.01. The Hall–Kier alpha value is -0.120. The molecule has 84 valence electrons. The van der Waals surface area contributed by atoms with E-state index in [9.17, 15) is 0 Å². The molecule has 0 aliphatic carbocycles. The van der Waals surface area contributed by atoms with Crippen molar-refractivity contribution in [3.8, 4) is 0 Å². The summed E-state index contributed by atoms with van der Waals surface area (Å²) in [6, 6.07) is 6.59. The van der Waals surface area contributed by atoms with Gasteiger partial charge in [-0.1, -0.05) is 12.1 Å². The third kappa shape index (κ3) is 3.74. The topological polar surface area (TPSA) is 26.0 Å². The van der Waals surface area contributed by atoms with E-state index in [1.54, 1.807) is 0 Å². The lowest BCUT2D eigenvalue weighted by Crippen LogP contribution is -1.99. The number of unbranched alkanes of at least 4 members (excludes halogenated alkanes) is 1. The van der Waals surface area contributed by atoms with Crippen LogP contribution < -0.4 is 5.73 Å². The Labute approximate surface area is 101 Å². The third-order valence-electron chi connectivity index (χ3n) is 2.38. The van der Waals surface area contributed by atoms with Crippen LogP contribution in [0.25, 0.3) is 0 Å². The number of hydrogen-bond acceptors (Lipinski definition) is 3. The Balaban J connectivity index is 2.76. The first kappa shape index (κ1) is 12.9. The minimum absolute atomic E-state index is 0.802. The van der Waals surface area contributed by atoms with Crippen LogP contribution in [0.1, 0.15) is 18.4 Å². The van der Waals surface area contributed by atoms with Crippen molar-refractivity contribution in [2.24, 2.45) is 5.73 Å². The fourth-order valence-electron chi connectivity index (χ4n) is 1.61. The smallest absolute Gasteiger partial charge is 0.0237 e. The molecule has 0 unspecified atom stereocenters. The molecule has 0 amide bonds. The maximum atomic E-state index is 5.51. The van der Waals surface area contributed by atoms with Crippen molar-refractivity contribution in [1.29, 1.82) is 0 Å². The van der Waals surface area contributed by atoms with Crippen LogP contribution in [-0.2, 0) is 6.42 Å². The van der Waals surface area contributed by atoms with Crippen LogP contribution in [0, 0.1) is 0 Å². The summed E-state index contributed by atoms with van der Waals surface area (Å²) in [5, 5.41) is 0. The van der Waals surface area contributed by atoms with Crippen molar-refractivity contribution in [2.75, 3.05) is 19.1 Å². The Morgan fingerprint density at radius 3 is 2.53 bits per heavy atom. The second-order valence-electron chi connectivity index (χ2n) is 3.40. The van der Waals surface area contributed by atoms with E-state index in [0.29, 0.717) is 0 Å². The third-order valence-corrected chi connectivity index (χ3v) is 4.18. The molecule has 0 aliphatic rings. The lowest BCUT2D eigenvalue weighted by atomic mass is 10.1. The van der Waals surface area contributed by atoms with E-state index in [-0.39, 0.29) is 0 Å². The number of nitrogens with two attached hydrogens (primary N) is 1. The first-order valence-electron chi connectivity index (χ1n) is 5.23. The SMILES string of the molecule is CSc1cccc(CCCCN)c1SC. The fourth-order valence-corrected chi connectivity index (χ4v) is 3.34. The molecule has 0 heterocycles. The van der Waals surface area contributed by atoms with E-state index in [2.05, 4.69) is 30.7 Å². The van der Waals surface area contributed by atoms with Gasteiger partial charge in [-0.3, -0.25) is 0 Å². The van der Waals surface area contributed by atoms with Crippen LogP contribution in [0.15, 0.2) is 28.0 Å². The average Bonchev–Trinajstić information content (AvgIpc) is 2.29. The minimum atomic E-state index is 0.802. The van der Waals surface area contributed by atoms with Crippen LogP contribution in [-0.4, -0.2) is 19.1 Å². The molecule has 0 radical (unpaired) electrons. The molecule has 0 aromatic heterocycles. The summed E-state index contributed by atoms with van der Waals surface area (Å²) in [7, 11) is 0. The molecule has 1 aromatic carbocycles. The average molecular weight is 241 g/mol. The summed E-state index contributed by atoms with van der Waals surface area (Å²) in [4.78, 5) is 2.84. The lowest BCUT2D eigenvalue weighted by molar-refractivity contribution is 0.735. The van der Waals surface area contributed by atoms with Crippen molar-refractivity contribution in [3.05, 3.63) is 23.8 Å². The molecule has 1 rings (SSSR count). The molecule has 0 saturated carbocycles. The Bertz CT molecular complexity index is 300. The van der Waals surface area contributed by atoms with Crippen molar-refractivity contribution < 1.29 is 0 Å². The first-order chi connectivity index (χ1) is 7.33. The summed E-state index contributed by atoms with van der Waals surface area (Å²) in [6.45, 7) is 0.802.